The van der Waals surface area contributed by atoms with Crippen LogP contribution in [0.5, 0.6) is 0 Å². The van der Waals surface area contributed by atoms with Crippen LogP contribution in [0.15, 0.2) is 28.9 Å². The molecule has 3 aromatic heterocycles. The molecule has 1 atom stereocenters. The molecule has 0 aliphatic carbocycles. The highest BCUT2D eigenvalue weighted by molar-refractivity contribution is 7.12. The van der Waals surface area contributed by atoms with E-state index in [4.69, 9.17) is 4.52 Å². The summed E-state index contributed by atoms with van der Waals surface area (Å²) in [6, 6.07) is 6.21. The quantitative estimate of drug-likeness (QED) is 0.778. The maximum Gasteiger partial charge on any atom is 0.258 e. The summed E-state index contributed by atoms with van der Waals surface area (Å²) < 4.78 is 5.20. The molecule has 0 amide bonds. The van der Waals surface area contributed by atoms with E-state index in [9.17, 15) is 0 Å². The average molecular weight is 314 g/mol. The van der Waals surface area contributed by atoms with Crippen molar-refractivity contribution in [2.45, 2.75) is 33.7 Å². The first kappa shape index (κ1) is 14.7. The molecule has 1 unspecified atom stereocenters. The molecule has 0 fully saturated rings. The van der Waals surface area contributed by atoms with E-state index in [1.807, 2.05) is 23.5 Å². The lowest BCUT2D eigenvalue weighted by molar-refractivity contribution is 0.425. The van der Waals surface area contributed by atoms with Gasteiger partial charge in [-0.1, -0.05) is 5.16 Å². The van der Waals surface area contributed by atoms with Crippen molar-refractivity contribution < 1.29 is 4.52 Å². The summed E-state index contributed by atoms with van der Waals surface area (Å²) in [5.41, 5.74) is 2.17. The summed E-state index contributed by atoms with van der Waals surface area (Å²) >= 11 is 1.82. The van der Waals surface area contributed by atoms with Gasteiger partial charge in [0.05, 0.1) is 6.04 Å². The van der Waals surface area contributed by atoms with Gasteiger partial charge in [-0.3, -0.25) is 0 Å². The molecule has 22 heavy (non-hydrogen) atoms. The molecule has 0 aliphatic rings. The van der Waals surface area contributed by atoms with E-state index in [0.717, 1.165) is 11.4 Å². The zero-order chi connectivity index (χ0) is 15.7. The first-order valence-corrected chi connectivity index (χ1v) is 7.95. The summed E-state index contributed by atoms with van der Waals surface area (Å²) in [5.74, 6) is 1.93. The fraction of sp³-hybridized carbons (Fsp3) is 0.312. The van der Waals surface area contributed by atoms with Crippen molar-refractivity contribution in [3.8, 4) is 11.5 Å². The Kier molecular flexibility index (Phi) is 3.94. The maximum absolute atomic E-state index is 5.20. The van der Waals surface area contributed by atoms with Gasteiger partial charge in [0.15, 0.2) is 5.82 Å². The molecule has 0 spiro atoms. The highest BCUT2D eigenvalue weighted by atomic mass is 32.1. The molecule has 114 valence electrons. The molecule has 0 aliphatic heterocycles. The minimum absolute atomic E-state index is 0.192. The third-order valence-electron chi connectivity index (χ3n) is 3.44. The van der Waals surface area contributed by atoms with Crippen LogP contribution < -0.4 is 5.32 Å². The van der Waals surface area contributed by atoms with Gasteiger partial charge in [0, 0.05) is 21.5 Å². The second-order valence-corrected chi connectivity index (χ2v) is 6.77. The van der Waals surface area contributed by atoms with E-state index < -0.39 is 0 Å². The zero-order valence-corrected chi connectivity index (χ0v) is 13.9. The van der Waals surface area contributed by atoms with Gasteiger partial charge < -0.3 is 9.84 Å². The fourth-order valence-corrected chi connectivity index (χ4v) is 3.46. The van der Waals surface area contributed by atoms with Crippen molar-refractivity contribution in [2.75, 3.05) is 5.32 Å². The number of nitrogens with zero attached hydrogens (tertiary/aromatic N) is 3. The number of pyridine rings is 1. The Morgan fingerprint density at radius 2 is 2.05 bits per heavy atom. The summed E-state index contributed by atoms with van der Waals surface area (Å²) in [6.07, 6.45) is 1.75. The molecule has 6 heteroatoms. The lowest BCUT2D eigenvalue weighted by Crippen LogP contribution is -2.08. The summed E-state index contributed by atoms with van der Waals surface area (Å²) in [4.78, 5) is 11.3. The Morgan fingerprint density at radius 1 is 1.23 bits per heavy atom. The Labute approximate surface area is 133 Å². The second kappa shape index (κ2) is 5.88. The van der Waals surface area contributed by atoms with Crippen LogP contribution in [0.25, 0.3) is 11.5 Å². The predicted octanol–water partition coefficient (Wildman–Crippen LogP) is 4.29. The van der Waals surface area contributed by atoms with Gasteiger partial charge in [-0.25, -0.2) is 4.98 Å². The zero-order valence-electron chi connectivity index (χ0n) is 13.0. The Hall–Kier alpha value is -2.21. The number of nitrogens with one attached hydrogen (secondary N) is 1. The molecule has 0 radical (unpaired) electrons. The van der Waals surface area contributed by atoms with Crippen molar-refractivity contribution in [1.29, 1.82) is 0 Å². The smallest absolute Gasteiger partial charge is 0.258 e. The second-order valence-electron chi connectivity index (χ2n) is 5.31. The third kappa shape index (κ3) is 3.01. The van der Waals surface area contributed by atoms with Crippen LogP contribution >= 0.6 is 11.3 Å². The molecule has 3 heterocycles. The Balaban J connectivity index is 1.82. The number of thiophene rings is 1. The topological polar surface area (TPSA) is 63.8 Å². The van der Waals surface area contributed by atoms with Gasteiger partial charge in [0.1, 0.15) is 5.82 Å². The van der Waals surface area contributed by atoms with Gasteiger partial charge in [-0.2, -0.15) is 4.98 Å². The van der Waals surface area contributed by atoms with Crippen molar-refractivity contribution in [3.63, 3.8) is 0 Å². The standard InChI is InChI=1S/C16H18N4OS/c1-9-7-14(11(3)22-9)10(2)18-15-8-13(5-6-17-15)16-19-12(4)20-21-16/h5-8,10H,1-4H3,(H,17,18). The third-order valence-corrected chi connectivity index (χ3v) is 4.43. The number of rotatable bonds is 4. The SMILES string of the molecule is Cc1noc(-c2ccnc(NC(C)c3cc(C)sc3C)c2)n1. The number of hydrogen-bond acceptors (Lipinski definition) is 6. The molecule has 0 bridgehead atoms. The summed E-state index contributed by atoms with van der Waals surface area (Å²) in [6.45, 7) is 8.22. The van der Waals surface area contributed by atoms with Crippen LogP contribution in [0.2, 0.25) is 0 Å². The van der Waals surface area contributed by atoms with Crippen LogP contribution in [-0.2, 0) is 0 Å². The molecule has 0 saturated carbocycles. The van der Waals surface area contributed by atoms with Crippen LogP contribution in [0.4, 0.5) is 5.82 Å². The molecular weight excluding hydrogens is 296 g/mol. The summed E-state index contributed by atoms with van der Waals surface area (Å²) in [7, 11) is 0. The number of hydrogen-bond donors (Lipinski definition) is 1. The van der Waals surface area contributed by atoms with Gasteiger partial charge >= 0.3 is 0 Å². The largest absolute Gasteiger partial charge is 0.363 e. The lowest BCUT2D eigenvalue weighted by atomic mass is 10.1. The van der Waals surface area contributed by atoms with Gasteiger partial charge in [-0.05, 0) is 51.5 Å². The van der Waals surface area contributed by atoms with E-state index in [0.29, 0.717) is 11.7 Å². The van der Waals surface area contributed by atoms with E-state index >= 15 is 0 Å². The van der Waals surface area contributed by atoms with Gasteiger partial charge in [-0.15, -0.1) is 11.3 Å². The van der Waals surface area contributed by atoms with Gasteiger partial charge in [0.25, 0.3) is 5.89 Å². The molecule has 5 nitrogen and oxygen atoms in total. The van der Waals surface area contributed by atoms with Crippen LogP contribution in [0.3, 0.4) is 0 Å². The van der Waals surface area contributed by atoms with Gasteiger partial charge in [0.2, 0.25) is 0 Å². The van der Waals surface area contributed by atoms with Crippen molar-refractivity contribution >= 4 is 17.2 Å². The fourth-order valence-electron chi connectivity index (χ4n) is 2.44. The molecule has 3 aromatic rings. The van der Waals surface area contributed by atoms with Crippen LogP contribution in [-0.4, -0.2) is 15.1 Å². The minimum Gasteiger partial charge on any atom is -0.363 e. The highest BCUT2D eigenvalue weighted by Crippen LogP contribution is 2.29. The molecule has 1 N–H and O–H groups in total. The molecule has 3 rings (SSSR count). The monoisotopic (exact) mass is 314 g/mol. The van der Waals surface area contributed by atoms with Crippen molar-refractivity contribution in [2.24, 2.45) is 0 Å². The Morgan fingerprint density at radius 3 is 2.68 bits per heavy atom. The first-order chi connectivity index (χ1) is 10.5. The predicted molar refractivity (Wildman–Crippen MR) is 88.1 cm³/mol. The first-order valence-electron chi connectivity index (χ1n) is 7.13. The number of anilines is 1. The number of aromatic nitrogens is 3. The highest BCUT2D eigenvalue weighted by Gasteiger charge is 2.13. The average Bonchev–Trinajstić information content (AvgIpc) is 3.05. The number of aryl methyl sites for hydroxylation is 3. The van der Waals surface area contributed by atoms with E-state index in [1.165, 1.54) is 15.3 Å². The molecular formula is C16H18N4OS. The maximum atomic E-state index is 5.20. The van der Waals surface area contributed by atoms with Crippen molar-refractivity contribution in [3.05, 3.63) is 45.5 Å². The van der Waals surface area contributed by atoms with E-state index in [2.05, 4.69) is 47.3 Å². The van der Waals surface area contributed by atoms with E-state index in [-0.39, 0.29) is 6.04 Å². The molecule has 0 saturated heterocycles. The van der Waals surface area contributed by atoms with E-state index in [1.54, 1.807) is 13.1 Å². The summed E-state index contributed by atoms with van der Waals surface area (Å²) in [5, 5.41) is 7.25. The van der Waals surface area contributed by atoms with Crippen LogP contribution in [0, 0.1) is 20.8 Å². The van der Waals surface area contributed by atoms with Crippen LogP contribution in [0.1, 0.15) is 34.1 Å². The lowest BCUT2D eigenvalue weighted by Gasteiger charge is -2.14. The van der Waals surface area contributed by atoms with Crippen molar-refractivity contribution in [1.82, 2.24) is 15.1 Å². The molecule has 0 aromatic carbocycles. The minimum atomic E-state index is 0.192. The Bertz CT molecular complexity index is 793. The normalized spacial score (nSPS) is 12.4.